The van der Waals surface area contributed by atoms with Crippen molar-refractivity contribution in [3.8, 4) is 11.3 Å². The van der Waals surface area contributed by atoms with E-state index in [1.807, 2.05) is 6.20 Å². The van der Waals surface area contributed by atoms with Crippen LogP contribution in [0.1, 0.15) is 30.5 Å². The van der Waals surface area contributed by atoms with Gasteiger partial charge in [0.1, 0.15) is 11.2 Å². The molecule has 2 heterocycles. The van der Waals surface area contributed by atoms with Crippen LogP contribution in [0.25, 0.3) is 33.2 Å². The maximum absolute atomic E-state index is 6.28. The van der Waals surface area contributed by atoms with Crippen LogP contribution in [0.3, 0.4) is 0 Å². The fourth-order valence-corrected chi connectivity index (χ4v) is 3.54. The van der Waals surface area contributed by atoms with Crippen LogP contribution in [-0.4, -0.2) is 4.98 Å². The Kier molecular flexibility index (Phi) is 3.84. The van der Waals surface area contributed by atoms with Gasteiger partial charge in [-0.3, -0.25) is 4.98 Å². The van der Waals surface area contributed by atoms with Gasteiger partial charge in [0.2, 0.25) is 0 Å². The van der Waals surface area contributed by atoms with Gasteiger partial charge in [-0.1, -0.05) is 44.2 Å². The number of hydrogen-bond donors (Lipinski definition) is 0. The van der Waals surface area contributed by atoms with E-state index in [0.29, 0.717) is 5.92 Å². The van der Waals surface area contributed by atoms with E-state index in [4.69, 9.17) is 9.40 Å². The number of hydrogen-bond acceptors (Lipinski definition) is 2. The number of rotatable bonds is 3. The van der Waals surface area contributed by atoms with Crippen LogP contribution in [0.15, 0.2) is 53.1 Å². The van der Waals surface area contributed by atoms with Crippen LogP contribution in [0, 0.1) is 19.8 Å². The Balaban J connectivity index is 1.95. The van der Waals surface area contributed by atoms with Crippen LogP contribution in [0.4, 0.5) is 0 Å². The van der Waals surface area contributed by atoms with Gasteiger partial charge in [0, 0.05) is 22.5 Å². The standard InChI is InChI=1S/C23H23NO/c1-14(2)11-17-12-21(24-13-16(17)4)20-10-6-9-19-18-8-5-7-15(3)22(18)25-23(19)20/h5-10,12-14H,11H2,1-4H3. The van der Waals surface area contributed by atoms with Crippen molar-refractivity contribution in [2.45, 2.75) is 34.1 Å². The van der Waals surface area contributed by atoms with Crippen molar-refractivity contribution in [2.75, 3.05) is 0 Å². The Morgan fingerprint density at radius 1 is 0.920 bits per heavy atom. The lowest BCUT2D eigenvalue weighted by Gasteiger charge is -2.10. The second-order valence-electron chi connectivity index (χ2n) is 7.33. The summed E-state index contributed by atoms with van der Waals surface area (Å²) in [5.41, 5.74) is 7.74. The van der Waals surface area contributed by atoms with Crippen LogP contribution in [0.5, 0.6) is 0 Å². The number of para-hydroxylation sites is 2. The Bertz CT molecular complexity index is 1070. The normalized spacial score (nSPS) is 11.7. The number of nitrogens with zero attached hydrogens (tertiary/aromatic N) is 1. The first kappa shape index (κ1) is 15.9. The summed E-state index contributed by atoms with van der Waals surface area (Å²) >= 11 is 0. The number of fused-ring (bicyclic) bond motifs is 3. The maximum Gasteiger partial charge on any atom is 0.144 e. The first-order chi connectivity index (χ1) is 12.0. The van der Waals surface area contributed by atoms with Crippen molar-refractivity contribution in [2.24, 2.45) is 5.92 Å². The van der Waals surface area contributed by atoms with Crippen LogP contribution >= 0.6 is 0 Å². The zero-order valence-electron chi connectivity index (χ0n) is 15.3. The van der Waals surface area contributed by atoms with Crippen LogP contribution < -0.4 is 0 Å². The molecular formula is C23H23NO. The summed E-state index contributed by atoms with van der Waals surface area (Å²) in [7, 11) is 0. The SMILES string of the molecule is Cc1cnc(-c2cccc3c2oc2c(C)cccc23)cc1CC(C)C. The van der Waals surface area contributed by atoms with E-state index >= 15 is 0 Å². The highest BCUT2D eigenvalue weighted by atomic mass is 16.3. The van der Waals surface area contributed by atoms with E-state index in [0.717, 1.165) is 39.8 Å². The quantitative estimate of drug-likeness (QED) is 0.431. The highest BCUT2D eigenvalue weighted by Crippen LogP contribution is 2.36. The molecule has 2 heteroatoms. The molecule has 126 valence electrons. The topological polar surface area (TPSA) is 26.0 Å². The average Bonchev–Trinajstić information content (AvgIpc) is 2.97. The van der Waals surface area contributed by atoms with E-state index in [1.54, 1.807) is 0 Å². The molecule has 2 aromatic carbocycles. The molecule has 4 aromatic rings. The maximum atomic E-state index is 6.28. The van der Waals surface area contributed by atoms with Gasteiger partial charge >= 0.3 is 0 Å². The van der Waals surface area contributed by atoms with Crippen molar-refractivity contribution in [3.05, 3.63) is 65.4 Å². The zero-order valence-corrected chi connectivity index (χ0v) is 15.3. The number of furan rings is 1. The van der Waals surface area contributed by atoms with Gasteiger partial charge in [-0.05, 0) is 55.0 Å². The van der Waals surface area contributed by atoms with Gasteiger partial charge in [-0.15, -0.1) is 0 Å². The predicted octanol–water partition coefficient (Wildman–Crippen LogP) is 6.46. The molecular weight excluding hydrogens is 306 g/mol. The summed E-state index contributed by atoms with van der Waals surface area (Å²) in [6.45, 7) is 8.74. The summed E-state index contributed by atoms with van der Waals surface area (Å²) in [6, 6.07) is 14.9. The molecule has 0 unspecified atom stereocenters. The van der Waals surface area contributed by atoms with E-state index < -0.39 is 0 Å². The third-order valence-electron chi connectivity index (χ3n) is 4.84. The van der Waals surface area contributed by atoms with Crippen molar-refractivity contribution in [1.29, 1.82) is 0 Å². The molecule has 0 bridgehead atoms. The van der Waals surface area contributed by atoms with Crippen molar-refractivity contribution >= 4 is 21.9 Å². The van der Waals surface area contributed by atoms with Crippen LogP contribution in [-0.2, 0) is 6.42 Å². The third kappa shape index (κ3) is 2.72. The summed E-state index contributed by atoms with van der Waals surface area (Å²) in [5, 5.41) is 2.33. The minimum atomic E-state index is 0.624. The molecule has 0 aliphatic heterocycles. The first-order valence-corrected chi connectivity index (χ1v) is 8.91. The highest BCUT2D eigenvalue weighted by molar-refractivity contribution is 6.09. The molecule has 0 atom stereocenters. The fraction of sp³-hybridized carbons (Fsp3) is 0.261. The summed E-state index contributed by atoms with van der Waals surface area (Å²) in [6.07, 6.45) is 3.05. The first-order valence-electron chi connectivity index (χ1n) is 8.91. The monoisotopic (exact) mass is 329 g/mol. The van der Waals surface area contributed by atoms with Gasteiger partial charge in [0.15, 0.2) is 0 Å². The van der Waals surface area contributed by atoms with Gasteiger partial charge in [-0.2, -0.15) is 0 Å². The smallest absolute Gasteiger partial charge is 0.144 e. The molecule has 0 radical (unpaired) electrons. The minimum Gasteiger partial charge on any atom is -0.455 e. The molecule has 0 saturated carbocycles. The van der Waals surface area contributed by atoms with E-state index in [2.05, 4.69) is 70.2 Å². The van der Waals surface area contributed by atoms with Gasteiger partial charge in [0.05, 0.1) is 5.69 Å². The second-order valence-corrected chi connectivity index (χ2v) is 7.33. The molecule has 0 aliphatic carbocycles. The Hall–Kier alpha value is -2.61. The third-order valence-corrected chi connectivity index (χ3v) is 4.84. The molecule has 0 amide bonds. The zero-order chi connectivity index (χ0) is 17.6. The van der Waals surface area contributed by atoms with Crippen LogP contribution in [0.2, 0.25) is 0 Å². The largest absolute Gasteiger partial charge is 0.455 e. The average molecular weight is 329 g/mol. The molecule has 0 fully saturated rings. The molecule has 0 spiro atoms. The minimum absolute atomic E-state index is 0.624. The second kappa shape index (κ2) is 6.03. The Labute approximate surface area is 148 Å². The molecule has 0 aliphatic rings. The fourth-order valence-electron chi connectivity index (χ4n) is 3.54. The number of aryl methyl sites for hydroxylation is 2. The van der Waals surface area contributed by atoms with E-state index in [9.17, 15) is 0 Å². The van der Waals surface area contributed by atoms with E-state index in [1.165, 1.54) is 16.5 Å². The Morgan fingerprint density at radius 2 is 1.64 bits per heavy atom. The summed E-state index contributed by atoms with van der Waals surface area (Å²) in [5.74, 6) is 0.624. The van der Waals surface area contributed by atoms with Crippen molar-refractivity contribution in [3.63, 3.8) is 0 Å². The number of pyridine rings is 1. The van der Waals surface area contributed by atoms with Gasteiger partial charge in [-0.25, -0.2) is 0 Å². The van der Waals surface area contributed by atoms with Crippen molar-refractivity contribution in [1.82, 2.24) is 4.98 Å². The molecule has 25 heavy (non-hydrogen) atoms. The highest BCUT2D eigenvalue weighted by Gasteiger charge is 2.15. The van der Waals surface area contributed by atoms with E-state index in [-0.39, 0.29) is 0 Å². The molecule has 2 nitrogen and oxygen atoms in total. The van der Waals surface area contributed by atoms with Crippen molar-refractivity contribution < 1.29 is 4.42 Å². The molecule has 2 aromatic heterocycles. The lowest BCUT2D eigenvalue weighted by atomic mass is 9.97. The number of benzene rings is 2. The molecule has 0 N–H and O–H groups in total. The molecule has 0 saturated heterocycles. The predicted molar refractivity (Wildman–Crippen MR) is 105 cm³/mol. The lowest BCUT2D eigenvalue weighted by molar-refractivity contribution is 0.644. The van der Waals surface area contributed by atoms with Gasteiger partial charge in [0.25, 0.3) is 0 Å². The van der Waals surface area contributed by atoms with Gasteiger partial charge < -0.3 is 4.42 Å². The molecule has 4 rings (SSSR count). The summed E-state index contributed by atoms with van der Waals surface area (Å²) in [4.78, 5) is 4.70. The number of aromatic nitrogens is 1. The Morgan fingerprint density at radius 3 is 2.40 bits per heavy atom. The lowest BCUT2D eigenvalue weighted by Crippen LogP contribution is -1.99. The summed E-state index contributed by atoms with van der Waals surface area (Å²) < 4.78 is 6.28.